The molecule has 0 spiro atoms. The van der Waals surface area contributed by atoms with Crippen molar-refractivity contribution in [3.63, 3.8) is 0 Å². The van der Waals surface area contributed by atoms with Crippen molar-refractivity contribution in [2.45, 2.75) is 12.8 Å². The summed E-state index contributed by atoms with van der Waals surface area (Å²) in [6.07, 6.45) is 1.68. The molecule has 0 unspecified atom stereocenters. The van der Waals surface area contributed by atoms with E-state index in [0.717, 1.165) is 12.8 Å². The zero-order valence-corrected chi connectivity index (χ0v) is 10.3. The first-order valence-electron chi connectivity index (χ1n) is 5.20. The van der Waals surface area contributed by atoms with Gasteiger partial charge in [0.05, 0.1) is 24.7 Å². The molecule has 0 aliphatic rings. The van der Waals surface area contributed by atoms with Gasteiger partial charge in [0.15, 0.2) is 5.75 Å². The fraction of sp³-hybridized carbons (Fsp3) is 0.455. The third-order valence-electron chi connectivity index (χ3n) is 2.14. The lowest BCUT2D eigenvalue weighted by Crippen LogP contribution is -1.99. The Morgan fingerprint density at radius 2 is 2.18 bits per heavy atom. The van der Waals surface area contributed by atoms with E-state index < -0.39 is 4.92 Å². The fourth-order valence-electron chi connectivity index (χ4n) is 1.29. The number of nitro benzene ring substituents is 1. The van der Waals surface area contributed by atoms with Gasteiger partial charge in [0.2, 0.25) is 0 Å². The zero-order valence-electron chi connectivity index (χ0n) is 9.52. The number of rotatable bonds is 7. The van der Waals surface area contributed by atoms with Crippen LogP contribution in [0.25, 0.3) is 0 Å². The van der Waals surface area contributed by atoms with Gasteiger partial charge in [-0.15, -0.1) is 11.6 Å². The molecule has 94 valence electrons. The second kappa shape index (κ2) is 6.96. The van der Waals surface area contributed by atoms with Crippen LogP contribution in [0.4, 0.5) is 5.69 Å². The van der Waals surface area contributed by atoms with E-state index in [2.05, 4.69) is 0 Å². The van der Waals surface area contributed by atoms with E-state index in [9.17, 15) is 10.1 Å². The molecular weight excluding hydrogens is 246 g/mol. The van der Waals surface area contributed by atoms with Crippen LogP contribution < -0.4 is 9.47 Å². The highest BCUT2D eigenvalue weighted by Gasteiger charge is 2.15. The van der Waals surface area contributed by atoms with E-state index in [-0.39, 0.29) is 11.4 Å². The number of benzene rings is 1. The van der Waals surface area contributed by atoms with Crippen LogP contribution in [-0.4, -0.2) is 24.5 Å². The maximum Gasteiger partial charge on any atom is 0.314 e. The smallest absolute Gasteiger partial charge is 0.314 e. The van der Waals surface area contributed by atoms with Gasteiger partial charge in [-0.05, 0) is 25.0 Å². The SMILES string of the molecule is COc1ccc(OCCCCCl)cc1[N+](=O)[O-]. The van der Waals surface area contributed by atoms with Gasteiger partial charge in [-0.3, -0.25) is 10.1 Å². The summed E-state index contributed by atoms with van der Waals surface area (Å²) in [7, 11) is 1.39. The second-order valence-corrected chi connectivity index (χ2v) is 3.71. The van der Waals surface area contributed by atoms with Gasteiger partial charge in [-0.2, -0.15) is 0 Å². The highest BCUT2D eigenvalue weighted by atomic mass is 35.5. The lowest BCUT2D eigenvalue weighted by molar-refractivity contribution is -0.385. The maximum absolute atomic E-state index is 10.8. The Hall–Kier alpha value is -1.49. The highest BCUT2D eigenvalue weighted by molar-refractivity contribution is 6.17. The van der Waals surface area contributed by atoms with Gasteiger partial charge in [-0.25, -0.2) is 0 Å². The predicted octanol–water partition coefficient (Wildman–Crippen LogP) is 3.00. The lowest BCUT2D eigenvalue weighted by Gasteiger charge is -2.07. The number of nitro groups is 1. The standard InChI is InChI=1S/C11H14ClNO4/c1-16-11-5-4-9(8-10(11)13(14)15)17-7-3-2-6-12/h4-5,8H,2-3,6-7H2,1H3. The second-order valence-electron chi connectivity index (χ2n) is 3.34. The molecule has 0 saturated heterocycles. The van der Waals surface area contributed by atoms with Crippen LogP contribution in [0.2, 0.25) is 0 Å². The third kappa shape index (κ3) is 4.11. The fourth-order valence-corrected chi connectivity index (χ4v) is 1.48. The van der Waals surface area contributed by atoms with Crippen molar-refractivity contribution in [3.8, 4) is 11.5 Å². The van der Waals surface area contributed by atoms with Crippen molar-refractivity contribution < 1.29 is 14.4 Å². The van der Waals surface area contributed by atoms with E-state index in [4.69, 9.17) is 21.1 Å². The Bertz CT molecular complexity index is 384. The van der Waals surface area contributed by atoms with Gasteiger partial charge in [-0.1, -0.05) is 0 Å². The summed E-state index contributed by atoms with van der Waals surface area (Å²) in [5.41, 5.74) is -0.0951. The molecule has 0 fully saturated rings. The summed E-state index contributed by atoms with van der Waals surface area (Å²) in [5.74, 6) is 1.28. The molecular formula is C11H14ClNO4. The van der Waals surface area contributed by atoms with Gasteiger partial charge in [0.1, 0.15) is 5.75 Å². The van der Waals surface area contributed by atoms with Crippen molar-refractivity contribution in [3.05, 3.63) is 28.3 Å². The summed E-state index contributed by atoms with van der Waals surface area (Å²) < 4.78 is 10.3. The van der Waals surface area contributed by atoms with Gasteiger partial charge in [0.25, 0.3) is 0 Å². The minimum atomic E-state index is -0.496. The van der Waals surface area contributed by atoms with Crippen LogP contribution in [0.1, 0.15) is 12.8 Å². The first-order chi connectivity index (χ1) is 8.19. The van der Waals surface area contributed by atoms with E-state index in [1.54, 1.807) is 6.07 Å². The first kappa shape index (κ1) is 13.6. The monoisotopic (exact) mass is 259 g/mol. The number of halogens is 1. The van der Waals surface area contributed by atoms with Crippen LogP contribution in [-0.2, 0) is 0 Å². The topological polar surface area (TPSA) is 61.6 Å². The number of methoxy groups -OCH3 is 1. The summed E-state index contributed by atoms with van der Waals surface area (Å²) in [6, 6.07) is 4.53. The first-order valence-corrected chi connectivity index (χ1v) is 5.73. The summed E-state index contributed by atoms with van der Waals surface area (Å²) >= 11 is 5.53. The number of alkyl halides is 1. The van der Waals surface area contributed by atoms with Crippen LogP contribution >= 0.6 is 11.6 Å². The Labute approximate surface area is 104 Å². The van der Waals surface area contributed by atoms with Crippen molar-refractivity contribution >= 4 is 17.3 Å². The third-order valence-corrected chi connectivity index (χ3v) is 2.41. The normalized spacial score (nSPS) is 10.0. The minimum Gasteiger partial charge on any atom is -0.493 e. The summed E-state index contributed by atoms with van der Waals surface area (Å²) in [5, 5.41) is 10.8. The molecule has 6 heteroatoms. The Morgan fingerprint density at radius 1 is 1.41 bits per heavy atom. The predicted molar refractivity (Wildman–Crippen MR) is 65.1 cm³/mol. The number of hydrogen-bond acceptors (Lipinski definition) is 4. The van der Waals surface area contributed by atoms with Gasteiger partial charge >= 0.3 is 5.69 Å². The number of hydrogen-bond donors (Lipinski definition) is 0. The molecule has 5 nitrogen and oxygen atoms in total. The van der Waals surface area contributed by atoms with Crippen molar-refractivity contribution in [2.24, 2.45) is 0 Å². The Kier molecular flexibility index (Phi) is 5.56. The van der Waals surface area contributed by atoms with Crippen molar-refractivity contribution in [1.82, 2.24) is 0 Å². The average Bonchev–Trinajstić information content (AvgIpc) is 2.34. The molecule has 0 atom stereocenters. The van der Waals surface area contributed by atoms with Gasteiger partial charge < -0.3 is 9.47 Å². The Morgan fingerprint density at radius 3 is 2.76 bits per heavy atom. The van der Waals surface area contributed by atoms with Crippen molar-refractivity contribution in [2.75, 3.05) is 19.6 Å². The quantitative estimate of drug-likeness (QED) is 0.327. The summed E-state index contributed by atoms with van der Waals surface area (Å²) in [6.45, 7) is 0.496. The molecule has 0 heterocycles. The number of ether oxygens (including phenoxy) is 2. The van der Waals surface area contributed by atoms with E-state index in [1.807, 2.05) is 0 Å². The molecule has 17 heavy (non-hydrogen) atoms. The average molecular weight is 260 g/mol. The van der Waals surface area contributed by atoms with E-state index >= 15 is 0 Å². The zero-order chi connectivity index (χ0) is 12.7. The highest BCUT2D eigenvalue weighted by Crippen LogP contribution is 2.30. The summed E-state index contributed by atoms with van der Waals surface area (Å²) in [4.78, 5) is 10.3. The van der Waals surface area contributed by atoms with E-state index in [1.165, 1.54) is 19.2 Å². The molecule has 0 saturated carbocycles. The molecule has 1 aromatic rings. The van der Waals surface area contributed by atoms with Crippen LogP contribution in [0.5, 0.6) is 11.5 Å². The molecule has 0 amide bonds. The lowest BCUT2D eigenvalue weighted by atomic mass is 10.3. The Balaban J connectivity index is 2.68. The molecule has 0 aromatic heterocycles. The molecule has 0 radical (unpaired) electrons. The van der Waals surface area contributed by atoms with Crippen molar-refractivity contribution in [1.29, 1.82) is 0 Å². The van der Waals surface area contributed by atoms with Crippen LogP contribution in [0, 0.1) is 10.1 Å². The minimum absolute atomic E-state index is 0.0951. The number of unbranched alkanes of at least 4 members (excludes halogenated alkanes) is 1. The van der Waals surface area contributed by atoms with Crippen LogP contribution in [0.3, 0.4) is 0 Å². The molecule has 1 aromatic carbocycles. The molecule has 0 N–H and O–H groups in total. The molecule has 0 bridgehead atoms. The maximum atomic E-state index is 10.8. The largest absolute Gasteiger partial charge is 0.493 e. The molecule has 0 aliphatic heterocycles. The number of nitrogens with zero attached hydrogens (tertiary/aromatic N) is 1. The molecule has 1 rings (SSSR count). The van der Waals surface area contributed by atoms with Gasteiger partial charge in [0, 0.05) is 5.88 Å². The van der Waals surface area contributed by atoms with Crippen LogP contribution in [0.15, 0.2) is 18.2 Å². The van der Waals surface area contributed by atoms with E-state index in [0.29, 0.717) is 18.2 Å². The molecule has 0 aliphatic carbocycles.